The van der Waals surface area contributed by atoms with Crippen molar-refractivity contribution in [2.75, 3.05) is 26.3 Å². The minimum absolute atomic E-state index is 0.243. The summed E-state index contributed by atoms with van der Waals surface area (Å²) >= 11 is 0. The molecule has 7 nitrogen and oxygen atoms in total. The summed E-state index contributed by atoms with van der Waals surface area (Å²) in [5.74, 6) is -0.307. The number of carboxylic acids is 1. The quantitative estimate of drug-likeness (QED) is 0.289. The number of rotatable bonds is 17. The number of amides is 1. The Labute approximate surface area is 209 Å². The normalized spacial score (nSPS) is 11.6. The first kappa shape index (κ1) is 28.2. The number of unbranched alkanes of at least 4 members (excludes halogenated alkanes) is 4. The molecule has 2 aromatic carbocycles. The fraction of sp³-hybridized carbons (Fsp3) is 0.500. The fourth-order valence-electron chi connectivity index (χ4n) is 3.64. The first-order chi connectivity index (χ1) is 17.0. The van der Waals surface area contributed by atoms with Crippen LogP contribution in [0.4, 0.5) is 4.79 Å². The molecule has 0 aromatic heterocycles. The van der Waals surface area contributed by atoms with Gasteiger partial charge >= 0.3 is 12.1 Å². The summed E-state index contributed by atoms with van der Waals surface area (Å²) in [6.45, 7) is 5.95. The van der Waals surface area contributed by atoms with Gasteiger partial charge in [0.15, 0.2) is 6.10 Å². The Balaban J connectivity index is 1.85. The summed E-state index contributed by atoms with van der Waals surface area (Å²) in [4.78, 5) is 25.7. The second-order valence-electron chi connectivity index (χ2n) is 8.42. The Morgan fingerprint density at radius 3 is 2.26 bits per heavy atom. The van der Waals surface area contributed by atoms with Gasteiger partial charge in [-0.15, -0.1) is 0 Å². The number of hydrogen-bond acceptors (Lipinski definition) is 5. The predicted octanol–water partition coefficient (Wildman–Crippen LogP) is 5.71. The van der Waals surface area contributed by atoms with Gasteiger partial charge in [0.25, 0.3) is 0 Å². The highest BCUT2D eigenvalue weighted by molar-refractivity contribution is 5.72. The van der Waals surface area contributed by atoms with Crippen LogP contribution < -0.4 is 4.74 Å². The van der Waals surface area contributed by atoms with Crippen molar-refractivity contribution >= 4 is 12.1 Å². The van der Waals surface area contributed by atoms with Crippen LogP contribution >= 0.6 is 0 Å². The van der Waals surface area contributed by atoms with E-state index in [1.54, 1.807) is 11.8 Å². The molecule has 0 spiro atoms. The minimum Gasteiger partial charge on any atom is -0.492 e. The van der Waals surface area contributed by atoms with Gasteiger partial charge in [-0.1, -0.05) is 75.1 Å². The van der Waals surface area contributed by atoms with Crippen molar-refractivity contribution in [3.63, 3.8) is 0 Å². The number of ether oxygens (including phenoxy) is 3. The van der Waals surface area contributed by atoms with E-state index in [4.69, 9.17) is 14.2 Å². The lowest BCUT2D eigenvalue weighted by Gasteiger charge is -2.22. The zero-order chi connectivity index (χ0) is 25.3. The van der Waals surface area contributed by atoms with Crippen LogP contribution in [0.2, 0.25) is 0 Å². The van der Waals surface area contributed by atoms with Gasteiger partial charge < -0.3 is 24.2 Å². The number of carbonyl (C=O) groups excluding carboxylic acids is 1. The van der Waals surface area contributed by atoms with Crippen molar-refractivity contribution in [2.24, 2.45) is 0 Å². The molecule has 0 aliphatic heterocycles. The molecule has 35 heavy (non-hydrogen) atoms. The maximum absolute atomic E-state index is 12.7. The average Bonchev–Trinajstić information content (AvgIpc) is 2.87. The van der Waals surface area contributed by atoms with Crippen LogP contribution in [0.5, 0.6) is 5.75 Å². The molecule has 0 unspecified atom stereocenters. The van der Waals surface area contributed by atoms with Crippen molar-refractivity contribution in [1.29, 1.82) is 0 Å². The standard InChI is InChI=1S/C28H39NO6/c1-3-5-6-7-11-18-29(28(32)35-22-24-12-9-8-10-13-24)19-20-34-25-16-14-23(15-17-25)21-26(27(30)31)33-4-2/h8-10,12-17,26H,3-7,11,18-22H2,1-2H3,(H,30,31)/t26-/m0/s1. The van der Waals surface area contributed by atoms with E-state index in [2.05, 4.69) is 6.92 Å². The maximum atomic E-state index is 12.7. The smallest absolute Gasteiger partial charge is 0.410 e. The summed E-state index contributed by atoms with van der Waals surface area (Å²) in [6, 6.07) is 16.9. The Morgan fingerprint density at radius 1 is 0.886 bits per heavy atom. The van der Waals surface area contributed by atoms with Crippen LogP contribution in [0.25, 0.3) is 0 Å². The fourth-order valence-corrected chi connectivity index (χ4v) is 3.64. The molecule has 7 heteroatoms. The monoisotopic (exact) mass is 485 g/mol. The molecule has 1 N–H and O–H groups in total. The third kappa shape index (κ3) is 11.3. The lowest BCUT2D eigenvalue weighted by molar-refractivity contribution is -0.149. The number of carbonyl (C=O) groups is 2. The average molecular weight is 486 g/mol. The Bertz CT molecular complexity index is 856. The van der Waals surface area contributed by atoms with E-state index >= 15 is 0 Å². The second kappa shape index (κ2) is 16.5. The molecule has 0 fully saturated rings. The van der Waals surface area contributed by atoms with Crippen molar-refractivity contribution in [3.8, 4) is 5.75 Å². The summed E-state index contributed by atoms with van der Waals surface area (Å²) < 4.78 is 16.7. The third-order valence-electron chi connectivity index (χ3n) is 5.61. The van der Waals surface area contributed by atoms with Crippen LogP contribution in [0.15, 0.2) is 54.6 Å². The number of nitrogens with zero attached hydrogens (tertiary/aromatic N) is 1. The molecule has 0 radical (unpaired) electrons. The highest BCUT2D eigenvalue weighted by atomic mass is 16.6. The summed E-state index contributed by atoms with van der Waals surface area (Å²) in [5, 5.41) is 9.25. The van der Waals surface area contributed by atoms with Crippen molar-refractivity contribution in [2.45, 2.75) is 65.1 Å². The summed E-state index contributed by atoms with van der Waals surface area (Å²) in [6.07, 6.45) is 4.66. The van der Waals surface area contributed by atoms with Crippen LogP contribution in [-0.4, -0.2) is 54.5 Å². The zero-order valence-corrected chi connectivity index (χ0v) is 21.0. The summed E-state index contributed by atoms with van der Waals surface area (Å²) in [7, 11) is 0. The van der Waals surface area contributed by atoms with Gasteiger partial charge in [0.2, 0.25) is 0 Å². The van der Waals surface area contributed by atoms with Crippen molar-refractivity contribution in [1.82, 2.24) is 4.90 Å². The minimum atomic E-state index is -0.971. The molecular weight excluding hydrogens is 446 g/mol. The zero-order valence-electron chi connectivity index (χ0n) is 21.0. The largest absolute Gasteiger partial charge is 0.492 e. The van der Waals surface area contributed by atoms with E-state index in [1.807, 2.05) is 54.6 Å². The van der Waals surface area contributed by atoms with Crippen molar-refractivity contribution in [3.05, 3.63) is 65.7 Å². The maximum Gasteiger partial charge on any atom is 0.410 e. The van der Waals surface area contributed by atoms with Crippen LogP contribution in [0.1, 0.15) is 57.1 Å². The van der Waals surface area contributed by atoms with Crippen LogP contribution in [0, 0.1) is 0 Å². The van der Waals surface area contributed by atoms with Gasteiger partial charge in [-0.05, 0) is 36.6 Å². The van der Waals surface area contributed by atoms with E-state index in [0.717, 1.165) is 30.4 Å². The van der Waals surface area contributed by atoms with E-state index in [9.17, 15) is 14.7 Å². The molecule has 0 heterocycles. The van der Waals surface area contributed by atoms with Crippen LogP contribution in [0.3, 0.4) is 0 Å². The third-order valence-corrected chi connectivity index (χ3v) is 5.61. The van der Waals surface area contributed by atoms with E-state index in [1.165, 1.54) is 12.8 Å². The van der Waals surface area contributed by atoms with Gasteiger partial charge in [0, 0.05) is 19.6 Å². The Kier molecular flexibility index (Phi) is 13.3. The van der Waals surface area contributed by atoms with Crippen molar-refractivity contribution < 1.29 is 28.9 Å². The number of hydrogen-bond donors (Lipinski definition) is 1. The lowest BCUT2D eigenvalue weighted by Crippen LogP contribution is -2.36. The molecule has 0 bridgehead atoms. The lowest BCUT2D eigenvalue weighted by atomic mass is 10.1. The van der Waals surface area contributed by atoms with E-state index in [0.29, 0.717) is 38.5 Å². The molecule has 192 valence electrons. The number of benzene rings is 2. The van der Waals surface area contributed by atoms with E-state index in [-0.39, 0.29) is 12.7 Å². The molecule has 0 saturated carbocycles. The molecular formula is C28H39NO6. The Morgan fingerprint density at radius 2 is 1.60 bits per heavy atom. The SMILES string of the molecule is CCCCCCCN(CCOc1ccc(C[C@H](OCC)C(=O)O)cc1)C(=O)OCc1ccccc1. The van der Waals surface area contributed by atoms with Gasteiger partial charge in [-0.3, -0.25) is 0 Å². The molecule has 0 saturated heterocycles. The summed E-state index contributed by atoms with van der Waals surface area (Å²) in [5.41, 5.74) is 1.81. The highest BCUT2D eigenvalue weighted by Crippen LogP contribution is 2.15. The first-order valence-electron chi connectivity index (χ1n) is 12.5. The molecule has 2 aromatic rings. The second-order valence-corrected chi connectivity index (χ2v) is 8.42. The predicted molar refractivity (Wildman–Crippen MR) is 136 cm³/mol. The Hall–Kier alpha value is -3.06. The molecule has 2 rings (SSSR count). The molecule has 0 aliphatic carbocycles. The number of carboxylic acid groups (broad SMARTS) is 1. The topological polar surface area (TPSA) is 85.3 Å². The number of aliphatic carboxylic acids is 1. The van der Waals surface area contributed by atoms with Gasteiger partial charge in [-0.25, -0.2) is 9.59 Å². The molecule has 1 atom stereocenters. The molecule has 1 amide bonds. The van der Waals surface area contributed by atoms with Crippen LogP contribution in [-0.2, 0) is 27.3 Å². The first-order valence-corrected chi connectivity index (χ1v) is 12.5. The highest BCUT2D eigenvalue weighted by Gasteiger charge is 2.18. The van der Waals surface area contributed by atoms with Gasteiger partial charge in [0.1, 0.15) is 19.0 Å². The van der Waals surface area contributed by atoms with Gasteiger partial charge in [0.05, 0.1) is 6.54 Å². The van der Waals surface area contributed by atoms with Gasteiger partial charge in [-0.2, -0.15) is 0 Å². The molecule has 0 aliphatic rings. The van der Waals surface area contributed by atoms with E-state index < -0.39 is 12.1 Å².